The number of nitrogens with one attached hydrogen (secondary N) is 1. The molecule has 0 aliphatic carbocycles. The van der Waals surface area contributed by atoms with Crippen molar-refractivity contribution in [3.8, 4) is 0 Å². The zero-order valence-corrected chi connectivity index (χ0v) is 13.5. The first-order chi connectivity index (χ1) is 11.5. The molecule has 2 atom stereocenters. The van der Waals surface area contributed by atoms with Crippen LogP contribution in [0, 0.1) is 15.9 Å². The number of hydrogen-bond acceptors (Lipinski definition) is 4. The van der Waals surface area contributed by atoms with Gasteiger partial charge in [0, 0.05) is 30.3 Å². The van der Waals surface area contributed by atoms with Crippen LogP contribution in [0.5, 0.6) is 0 Å². The van der Waals surface area contributed by atoms with E-state index >= 15 is 0 Å². The average Bonchev–Trinajstić information content (AvgIpc) is 2.58. The number of rotatable bonds is 8. The number of nitrogens with zero attached hydrogens (tertiary/aromatic N) is 1. The topological polar surface area (TPSA) is 75.4 Å². The summed E-state index contributed by atoms with van der Waals surface area (Å²) in [6, 6.07) is 12.8. The molecule has 2 aromatic carbocycles. The number of aliphatic hydroxyl groups excluding tert-OH is 1. The number of nitro benzene ring substituents is 1. The van der Waals surface area contributed by atoms with Gasteiger partial charge in [-0.05, 0) is 31.4 Å². The molecule has 0 bridgehead atoms. The normalized spacial score (nSPS) is 13.5. The Bertz CT molecular complexity index is 676. The first kappa shape index (κ1) is 18.0. The summed E-state index contributed by atoms with van der Waals surface area (Å²) >= 11 is 0. The van der Waals surface area contributed by atoms with Crippen LogP contribution in [-0.2, 0) is 6.42 Å². The Kier molecular flexibility index (Phi) is 6.40. The molecule has 2 rings (SSSR count). The fourth-order valence-corrected chi connectivity index (χ4v) is 2.44. The van der Waals surface area contributed by atoms with Crippen molar-refractivity contribution in [1.29, 1.82) is 0 Å². The highest BCUT2D eigenvalue weighted by Crippen LogP contribution is 2.17. The van der Waals surface area contributed by atoms with E-state index in [9.17, 15) is 19.6 Å². The Morgan fingerprint density at radius 2 is 1.88 bits per heavy atom. The van der Waals surface area contributed by atoms with Gasteiger partial charge in [-0.15, -0.1) is 0 Å². The number of hydrogen-bond donors (Lipinski definition) is 2. The molecular formula is C18H21FN2O3. The Balaban J connectivity index is 1.78. The van der Waals surface area contributed by atoms with Crippen molar-refractivity contribution in [3.63, 3.8) is 0 Å². The maximum Gasteiger partial charge on any atom is 0.269 e. The summed E-state index contributed by atoms with van der Waals surface area (Å²) in [6.45, 7) is 2.25. The maximum atomic E-state index is 13.6. The minimum atomic E-state index is -0.895. The molecule has 2 N–H and O–H groups in total. The van der Waals surface area contributed by atoms with Gasteiger partial charge in [-0.2, -0.15) is 0 Å². The summed E-state index contributed by atoms with van der Waals surface area (Å²) in [5.41, 5.74) is 1.38. The summed E-state index contributed by atoms with van der Waals surface area (Å²) in [6.07, 6.45) is 0.678. The predicted octanol–water partition coefficient (Wildman–Crippen LogP) is 3.38. The number of aliphatic hydroxyl groups is 1. The second kappa shape index (κ2) is 8.52. The van der Waals surface area contributed by atoms with E-state index in [2.05, 4.69) is 5.32 Å². The molecular weight excluding hydrogens is 311 g/mol. The van der Waals surface area contributed by atoms with Gasteiger partial charge < -0.3 is 10.4 Å². The molecule has 0 aromatic heterocycles. The predicted molar refractivity (Wildman–Crippen MR) is 90.2 cm³/mol. The molecule has 6 heteroatoms. The van der Waals surface area contributed by atoms with Crippen LogP contribution in [0.1, 0.15) is 30.6 Å². The Labute approximate surface area is 140 Å². The second-order valence-corrected chi connectivity index (χ2v) is 5.81. The molecule has 2 aromatic rings. The maximum absolute atomic E-state index is 13.6. The van der Waals surface area contributed by atoms with Crippen molar-refractivity contribution >= 4 is 5.69 Å². The zero-order chi connectivity index (χ0) is 17.5. The minimum absolute atomic E-state index is 0.0814. The molecule has 0 aliphatic heterocycles. The first-order valence-electron chi connectivity index (χ1n) is 7.86. The van der Waals surface area contributed by atoms with Gasteiger partial charge in [-0.1, -0.05) is 30.3 Å². The van der Waals surface area contributed by atoms with Gasteiger partial charge in [0.2, 0.25) is 0 Å². The Morgan fingerprint density at radius 1 is 1.21 bits per heavy atom. The van der Waals surface area contributed by atoms with Crippen LogP contribution < -0.4 is 5.32 Å². The third-order valence-corrected chi connectivity index (χ3v) is 3.94. The highest BCUT2D eigenvalue weighted by atomic mass is 19.1. The van der Waals surface area contributed by atoms with Crippen molar-refractivity contribution in [2.24, 2.45) is 0 Å². The highest BCUT2D eigenvalue weighted by molar-refractivity contribution is 5.32. The largest absolute Gasteiger partial charge is 0.387 e. The number of halogens is 1. The first-order valence-corrected chi connectivity index (χ1v) is 7.86. The van der Waals surface area contributed by atoms with Crippen LogP contribution in [0.4, 0.5) is 10.1 Å². The minimum Gasteiger partial charge on any atom is -0.387 e. The van der Waals surface area contributed by atoms with E-state index in [0.717, 1.165) is 18.4 Å². The third-order valence-electron chi connectivity index (χ3n) is 3.94. The molecule has 0 aliphatic rings. The summed E-state index contributed by atoms with van der Waals surface area (Å²) in [5, 5.41) is 23.8. The van der Waals surface area contributed by atoms with E-state index in [1.165, 1.54) is 18.2 Å². The second-order valence-electron chi connectivity index (χ2n) is 5.81. The van der Waals surface area contributed by atoms with Crippen molar-refractivity contribution in [3.05, 3.63) is 75.6 Å². The number of non-ortho nitro benzene ring substituents is 1. The van der Waals surface area contributed by atoms with Gasteiger partial charge >= 0.3 is 0 Å². The van der Waals surface area contributed by atoms with Gasteiger partial charge in [0.15, 0.2) is 0 Å². The van der Waals surface area contributed by atoms with Crippen LogP contribution in [-0.4, -0.2) is 22.6 Å². The smallest absolute Gasteiger partial charge is 0.269 e. The molecule has 0 spiro atoms. The third kappa shape index (κ3) is 5.11. The van der Waals surface area contributed by atoms with Crippen LogP contribution in [0.3, 0.4) is 0 Å². The van der Waals surface area contributed by atoms with Gasteiger partial charge in [0.1, 0.15) is 5.82 Å². The van der Waals surface area contributed by atoms with Crippen molar-refractivity contribution < 1.29 is 14.4 Å². The average molecular weight is 332 g/mol. The number of aryl methyl sites for hydroxylation is 1. The highest BCUT2D eigenvalue weighted by Gasteiger charge is 2.13. The molecule has 24 heavy (non-hydrogen) atoms. The van der Waals surface area contributed by atoms with Crippen LogP contribution in [0.25, 0.3) is 0 Å². The number of nitro groups is 1. The molecule has 0 amide bonds. The van der Waals surface area contributed by atoms with E-state index in [0.29, 0.717) is 0 Å². The van der Waals surface area contributed by atoms with Gasteiger partial charge in [0.05, 0.1) is 11.0 Å². The van der Waals surface area contributed by atoms with Crippen molar-refractivity contribution in [1.82, 2.24) is 5.32 Å². The molecule has 0 fully saturated rings. The van der Waals surface area contributed by atoms with E-state index in [1.807, 2.05) is 6.92 Å². The van der Waals surface area contributed by atoms with E-state index < -0.39 is 16.8 Å². The van der Waals surface area contributed by atoms with Crippen LogP contribution in [0.2, 0.25) is 0 Å². The standard InChI is InChI=1S/C18H21FN2O3/c1-13(6-7-14-8-10-15(11-9-14)21(23)24)20-12-18(22)16-4-2-3-5-17(16)19/h2-5,8-11,13,18,20,22H,6-7,12H2,1H3. The van der Waals surface area contributed by atoms with Gasteiger partial charge in [0.25, 0.3) is 5.69 Å². The van der Waals surface area contributed by atoms with Gasteiger partial charge in [-0.25, -0.2) is 4.39 Å². The van der Waals surface area contributed by atoms with Crippen LogP contribution in [0.15, 0.2) is 48.5 Å². The van der Waals surface area contributed by atoms with E-state index in [-0.39, 0.29) is 23.8 Å². The van der Waals surface area contributed by atoms with E-state index in [4.69, 9.17) is 0 Å². The molecule has 0 saturated carbocycles. The van der Waals surface area contributed by atoms with Crippen molar-refractivity contribution in [2.75, 3.05) is 6.54 Å². The lowest BCUT2D eigenvalue weighted by Crippen LogP contribution is -2.31. The van der Waals surface area contributed by atoms with Gasteiger partial charge in [-0.3, -0.25) is 10.1 Å². The molecule has 0 radical (unpaired) electrons. The molecule has 0 saturated heterocycles. The molecule has 128 valence electrons. The lowest BCUT2D eigenvalue weighted by molar-refractivity contribution is -0.384. The van der Waals surface area contributed by atoms with Crippen LogP contribution >= 0.6 is 0 Å². The fraction of sp³-hybridized carbons (Fsp3) is 0.333. The quantitative estimate of drug-likeness (QED) is 0.574. The summed E-state index contributed by atoms with van der Waals surface area (Å²) < 4.78 is 13.6. The lowest BCUT2D eigenvalue weighted by Gasteiger charge is -2.18. The summed E-state index contributed by atoms with van der Waals surface area (Å²) in [5.74, 6) is -0.412. The van der Waals surface area contributed by atoms with Crippen molar-refractivity contribution in [2.45, 2.75) is 31.9 Å². The zero-order valence-electron chi connectivity index (χ0n) is 13.5. The summed E-state index contributed by atoms with van der Waals surface area (Å²) in [7, 11) is 0. The molecule has 2 unspecified atom stereocenters. The number of benzene rings is 2. The fourth-order valence-electron chi connectivity index (χ4n) is 2.44. The molecule has 0 heterocycles. The SMILES string of the molecule is CC(CCc1ccc([N+](=O)[O-])cc1)NCC(O)c1ccccc1F. The Morgan fingerprint density at radius 3 is 2.50 bits per heavy atom. The summed E-state index contributed by atoms with van der Waals surface area (Å²) in [4.78, 5) is 10.2. The monoisotopic (exact) mass is 332 g/mol. The Hall–Kier alpha value is -2.31. The lowest BCUT2D eigenvalue weighted by atomic mass is 10.0. The molecule has 5 nitrogen and oxygen atoms in total. The van der Waals surface area contributed by atoms with E-state index in [1.54, 1.807) is 30.3 Å².